The zero-order valence-electron chi connectivity index (χ0n) is 16.9. The molecule has 1 aromatic carbocycles. The maximum Gasteiger partial charge on any atom is 0.126 e. The highest BCUT2D eigenvalue weighted by Crippen LogP contribution is 2.41. The van der Waals surface area contributed by atoms with Crippen LogP contribution in [-0.2, 0) is 12.8 Å². The van der Waals surface area contributed by atoms with E-state index in [0.717, 1.165) is 48.1 Å². The Morgan fingerprint density at radius 1 is 0.962 bits per heavy atom. The standard InChI is InChI=1S/C25H37F/c1-3-5-19-8-14-23(15-9-19)24-16-10-20(11-17-24)6-7-21-12-13-22(4-2)25(26)18-21/h10,12-13,18-19,23-24H,3-9,11,14-17H2,1-2H3. The molecule has 1 atom stereocenters. The van der Waals surface area contributed by atoms with E-state index in [0.29, 0.717) is 0 Å². The SMILES string of the molecule is CCCC1CCC(C2CC=C(CCc3ccc(CC)c(F)c3)CC2)CC1. The van der Waals surface area contributed by atoms with E-state index in [1.807, 2.05) is 13.0 Å². The third kappa shape index (κ3) is 5.21. The van der Waals surface area contributed by atoms with Crippen molar-refractivity contribution >= 4 is 0 Å². The zero-order chi connectivity index (χ0) is 18.4. The van der Waals surface area contributed by atoms with Crippen molar-refractivity contribution in [2.75, 3.05) is 0 Å². The molecule has 0 aromatic heterocycles. The van der Waals surface area contributed by atoms with Crippen LogP contribution in [0.4, 0.5) is 4.39 Å². The predicted molar refractivity (Wildman–Crippen MR) is 110 cm³/mol. The molecule has 144 valence electrons. The number of allylic oxidation sites excluding steroid dienone is 2. The molecule has 0 spiro atoms. The molecule has 0 nitrogen and oxygen atoms in total. The zero-order valence-corrected chi connectivity index (χ0v) is 16.9. The minimum atomic E-state index is -0.0265. The summed E-state index contributed by atoms with van der Waals surface area (Å²) in [7, 11) is 0. The van der Waals surface area contributed by atoms with Gasteiger partial charge in [-0.3, -0.25) is 0 Å². The fourth-order valence-corrected chi connectivity index (χ4v) is 5.26. The number of hydrogen-bond donors (Lipinski definition) is 0. The lowest BCUT2D eigenvalue weighted by Crippen LogP contribution is -2.23. The summed E-state index contributed by atoms with van der Waals surface area (Å²) in [4.78, 5) is 0. The summed E-state index contributed by atoms with van der Waals surface area (Å²) in [6.45, 7) is 4.34. The van der Waals surface area contributed by atoms with Crippen LogP contribution in [0.1, 0.15) is 89.2 Å². The molecule has 2 aliphatic carbocycles. The molecular weight excluding hydrogens is 319 g/mol. The van der Waals surface area contributed by atoms with Gasteiger partial charge in [-0.2, -0.15) is 0 Å². The smallest absolute Gasteiger partial charge is 0.126 e. The molecule has 0 heterocycles. The summed E-state index contributed by atoms with van der Waals surface area (Å²) in [6, 6.07) is 5.83. The van der Waals surface area contributed by atoms with E-state index in [1.165, 1.54) is 57.8 Å². The lowest BCUT2D eigenvalue weighted by molar-refractivity contribution is 0.186. The molecule has 0 saturated heterocycles. The third-order valence-electron chi connectivity index (χ3n) is 7.03. The fourth-order valence-electron chi connectivity index (χ4n) is 5.26. The largest absolute Gasteiger partial charge is 0.207 e. The highest BCUT2D eigenvalue weighted by molar-refractivity contribution is 5.25. The summed E-state index contributed by atoms with van der Waals surface area (Å²) in [5.74, 6) is 2.91. The minimum Gasteiger partial charge on any atom is -0.207 e. The number of benzene rings is 1. The summed E-state index contributed by atoms with van der Waals surface area (Å²) in [6.07, 6.45) is 18.1. The first-order valence-electron chi connectivity index (χ1n) is 11.1. The van der Waals surface area contributed by atoms with Crippen LogP contribution in [0.25, 0.3) is 0 Å². The van der Waals surface area contributed by atoms with Gasteiger partial charge in [-0.05, 0) is 86.3 Å². The summed E-state index contributed by atoms with van der Waals surface area (Å²) >= 11 is 0. The fraction of sp³-hybridized carbons (Fsp3) is 0.680. The van der Waals surface area contributed by atoms with Crippen molar-refractivity contribution in [3.05, 3.63) is 46.8 Å². The van der Waals surface area contributed by atoms with Gasteiger partial charge >= 0.3 is 0 Å². The second-order valence-corrected chi connectivity index (χ2v) is 8.75. The Bertz CT molecular complexity index is 592. The van der Waals surface area contributed by atoms with Crippen LogP contribution < -0.4 is 0 Å². The van der Waals surface area contributed by atoms with Crippen molar-refractivity contribution in [3.63, 3.8) is 0 Å². The lowest BCUT2D eigenvalue weighted by Gasteiger charge is -2.35. The van der Waals surface area contributed by atoms with Crippen molar-refractivity contribution in [1.82, 2.24) is 0 Å². The van der Waals surface area contributed by atoms with Crippen molar-refractivity contribution in [3.8, 4) is 0 Å². The average Bonchev–Trinajstić information content (AvgIpc) is 2.68. The first kappa shape index (κ1) is 19.6. The third-order valence-corrected chi connectivity index (χ3v) is 7.03. The van der Waals surface area contributed by atoms with Gasteiger partial charge in [-0.25, -0.2) is 4.39 Å². The second kappa shape index (κ2) is 9.72. The summed E-state index contributed by atoms with van der Waals surface area (Å²) in [5, 5.41) is 0. The first-order valence-corrected chi connectivity index (χ1v) is 11.1. The van der Waals surface area contributed by atoms with Gasteiger partial charge in [0.2, 0.25) is 0 Å². The highest BCUT2D eigenvalue weighted by Gasteiger charge is 2.28. The molecule has 2 aliphatic rings. The van der Waals surface area contributed by atoms with Crippen LogP contribution in [-0.4, -0.2) is 0 Å². The summed E-state index contributed by atoms with van der Waals surface area (Å²) < 4.78 is 13.9. The molecule has 0 aliphatic heterocycles. The molecule has 0 radical (unpaired) electrons. The molecule has 3 rings (SSSR count). The van der Waals surface area contributed by atoms with Gasteiger partial charge in [0.15, 0.2) is 0 Å². The molecule has 26 heavy (non-hydrogen) atoms. The topological polar surface area (TPSA) is 0 Å². The lowest BCUT2D eigenvalue weighted by atomic mass is 9.70. The number of halogens is 1. The number of hydrogen-bond acceptors (Lipinski definition) is 0. The Balaban J connectivity index is 1.44. The number of rotatable bonds is 7. The average molecular weight is 357 g/mol. The molecular formula is C25H37F. The van der Waals surface area contributed by atoms with Gasteiger partial charge in [0.25, 0.3) is 0 Å². The van der Waals surface area contributed by atoms with Crippen molar-refractivity contribution < 1.29 is 4.39 Å². The van der Waals surface area contributed by atoms with Gasteiger partial charge in [-0.15, -0.1) is 0 Å². The Morgan fingerprint density at radius 2 is 1.77 bits per heavy atom. The van der Waals surface area contributed by atoms with E-state index in [-0.39, 0.29) is 5.82 Å². The van der Waals surface area contributed by atoms with Crippen LogP contribution in [0.3, 0.4) is 0 Å². The minimum absolute atomic E-state index is 0.0265. The van der Waals surface area contributed by atoms with E-state index in [2.05, 4.69) is 19.1 Å². The van der Waals surface area contributed by atoms with Gasteiger partial charge < -0.3 is 0 Å². The van der Waals surface area contributed by atoms with Crippen LogP contribution in [0.5, 0.6) is 0 Å². The van der Waals surface area contributed by atoms with E-state index in [4.69, 9.17) is 0 Å². The maximum atomic E-state index is 13.9. The molecule has 1 unspecified atom stereocenters. The van der Waals surface area contributed by atoms with E-state index in [1.54, 1.807) is 11.6 Å². The Hall–Kier alpha value is -1.11. The Labute approximate surface area is 160 Å². The van der Waals surface area contributed by atoms with E-state index in [9.17, 15) is 4.39 Å². The molecule has 0 bridgehead atoms. The van der Waals surface area contributed by atoms with Crippen molar-refractivity contribution in [2.45, 2.75) is 90.9 Å². The van der Waals surface area contributed by atoms with Crippen molar-refractivity contribution in [1.29, 1.82) is 0 Å². The van der Waals surface area contributed by atoms with E-state index >= 15 is 0 Å². The first-order chi connectivity index (χ1) is 12.7. The van der Waals surface area contributed by atoms with Crippen LogP contribution in [0, 0.1) is 23.6 Å². The van der Waals surface area contributed by atoms with Gasteiger partial charge in [-0.1, -0.05) is 63.3 Å². The molecule has 1 fully saturated rings. The molecule has 0 N–H and O–H groups in total. The predicted octanol–water partition coefficient (Wildman–Crippen LogP) is 7.65. The maximum absolute atomic E-state index is 13.9. The van der Waals surface area contributed by atoms with Crippen LogP contribution in [0.2, 0.25) is 0 Å². The van der Waals surface area contributed by atoms with Crippen molar-refractivity contribution in [2.24, 2.45) is 17.8 Å². The van der Waals surface area contributed by atoms with Gasteiger partial charge in [0.1, 0.15) is 5.82 Å². The van der Waals surface area contributed by atoms with Gasteiger partial charge in [0, 0.05) is 0 Å². The highest BCUT2D eigenvalue weighted by atomic mass is 19.1. The van der Waals surface area contributed by atoms with Crippen LogP contribution >= 0.6 is 0 Å². The van der Waals surface area contributed by atoms with Gasteiger partial charge in [0.05, 0.1) is 0 Å². The van der Waals surface area contributed by atoms with Crippen LogP contribution in [0.15, 0.2) is 29.8 Å². The van der Waals surface area contributed by atoms with E-state index < -0.39 is 0 Å². The quantitative estimate of drug-likeness (QED) is 0.440. The molecule has 1 heteroatoms. The Kier molecular flexibility index (Phi) is 7.34. The summed E-state index contributed by atoms with van der Waals surface area (Å²) in [5.41, 5.74) is 3.60. The molecule has 1 aromatic rings. The molecule has 1 saturated carbocycles. The Morgan fingerprint density at radius 3 is 2.38 bits per heavy atom. The molecule has 0 amide bonds. The number of aryl methyl sites for hydroxylation is 2. The monoisotopic (exact) mass is 356 g/mol. The normalized spacial score (nSPS) is 26.6. The second-order valence-electron chi connectivity index (χ2n) is 8.75.